The van der Waals surface area contributed by atoms with Crippen LogP contribution in [0.5, 0.6) is 0 Å². The summed E-state index contributed by atoms with van der Waals surface area (Å²) >= 11 is -3.79. The zero-order chi connectivity index (χ0) is 16.7. The van der Waals surface area contributed by atoms with Gasteiger partial charge in [0.25, 0.3) is 0 Å². The Kier molecular flexibility index (Phi) is 9.11. The first-order chi connectivity index (χ1) is 10.4. The Morgan fingerprint density at radius 2 is 1.32 bits per heavy atom. The second-order valence-electron chi connectivity index (χ2n) is 8.20. The summed E-state index contributed by atoms with van der Waals surface area (Å²) in [4.78, 5) is 0. The van der Waals surface area contributed by atoms with Crippen LogP contribution >= 0.6 is 0 Å². The molecule has 1 fully saturated rings. The van der Waals surface area contributed by atoms with Crippen molar-refractivity contribution in [1.82, 2.24) is 0 Å². The summed E-state index contributed by atoms with van der Waals surface area (Å²) in [7, 11) is 0. The van der Waals surface area contributed by atoms with Gasteiger partial charge in [0.15, 0.2) is 0 Å². The van der Waals surface area contributed by atoms with Gasteiger partial charge in [0, 0.05) is 0 Å². The van der Waals surface area contributed by atoms with Gasteiger partial charge in [0.2, 0.25) is 0 Å². The molecule has 0 bridgehead atoms. The van der Waals surface area contributed by atoms with Gasteiger partial charge in [-0.3, -0.25) is 0 Å². The van der Waals surface area contributed by atoms with Crippen molar-refractivity contribution < 1.29 is 3.76 Å². The van der Waals surface area contributed by atoms with Gasteiger partial charge in [-0.05, 0) is 0 Å². The number of hydrogen-bond acceptors (Lipinski definition) is 1. The molecule has 0 aromatic heterocycles. The summed E-state index contributed by atoms with van der Waals surface area (Å²) in [5, 5.41) is 4.91. The molecular formula is C19H42Ge2O. The van der Waals surface area contributed by atoms with E-state index in [0.29, 0.717) is 0 Å². The molecule has 1 aliphatic heterocycles. The van der Waals surface area contributed by atoms with Crippen molar-refractivity contribution in [2.75, 3.05) is 0 Å². The molecule has 0 aliphatic carbocycles. The van der Waals surface area contributed by atoms with Gasteiger partial charge >= 0.3 is 145 Å². The van der Waals surface area contributed by atoms with E-state index >= 15 is 0 Å². The van der Waals surface area contributed by atoms with Crippen LogP contribution in [-0.4, -0.2) is 28.5 Å². The first-order valence-corrected chi connectivity index (χ1v) is 26.1. The monoisotopic (exact) mass is 434 g/mol. The molecule has 132 valence electrons. The van der Waals surface area contributed by atoms with Crippen molar-refractivity contribution in [3.8, 4) is 0 Å². The van der Waals surface area contributed by atoms with Gasteiger partial charge in [0.05, 0.1) is 0 Å². The molecule has 0 aromatic carbocycles. The summed E-state index contributed by atoms with van der Waals surface area (Å²) in [6.07, 6.45) is 12.5. The molecule has 1 nitrogen and oxygen atoms in total. The van der Waals surface area contributed by atoms with E-state index in [1.807, 2.05) is 0 Å². The Morgan fingerprint density at radius 1 is 0.818 bits per heavy atom. The summed E-state index contributed by atoms with van der Waals surface area (Å²) in [5.74, 6) is 5.33. The molecule has 0 atom stereocenters. The molecule has 1 rings (SSSR count). The molecule has 1 aliphatic rings. The van der Waals surface area contributed by atoms with Crippen LogP contribution in [0.1, 0.15) is 85.5 Å². The van der Waals surface area contributed by atoms with Crippen LogP contribution in [0.2, 0.25) is 27.3 Å². The van der Waals surface area contributed by atoms with Crippen LogP contribution in [0.25, 0.3) is 0 Å². The van der Waals surface area contributed by atoms with E-state index in [2.05, 4.69) is 39.2 Å². The molecule has 0 aromatic rings. The fourth-order valence-corrected chi connectivity index (χ4v) is 49.0. The van der Waals surface area contributed by atoms with E-state index < -0.39 is 22.9 Å². The average molecular weight is 432 g/mol. The predicted molar refractivity (Wildman–Crippen MR) is 106 cm³/mol. The minimum absolute atomic E-state index is 0.272. The Hall–Kier alpha value is 1.05. The fraction of sp³-hybridized carbons (Fsp3) is 1.00. The molecule has 0 unspecified atom stereocenters. The van der Waals surface area contributed by atoms with Crippen molar-refractivity contribution in [2.45, 2.75) is 118 Å². The van der Waals surface area contributed by atoms with E-state index in [4.69, 9.17) is 3.76 Å². The Balaban J connectivity index is 2.89. The van der Waals surface area contributed by atoms with Gasteiger partial charge < -0.3 is 0 Å². The molecule has 0 amide bonds. The molecule has 0 saturated carbocycles. The maximum absolute atomic E-state index is 7.11. The zero-order valence-electron chi connectivity index (χ0n) is 16.4. The third-order valence-electron chi connectivity index (χ3n) is 6.61. The quantitative estimate of drug-likeness (QED) is 0.265. The zero-order valence-corrected chi connectivity index (χ0v) is 20.6. The Bertz CT molecular complexity index is 301. The van der Waals surface area contributed by atoms with Crippen LogP contribution in [0.4, 0.5) is 0 Å². The predicted octanol–water partition coefficient (Wildman–Crippen LogP) is 7.08. The second kappa shape index (κ2) is 9.51. The molecule has 22 heavy (non-hydrogen) atoms. The van der Waals surface area contributed by atoms with Crippen molar-refractivity contribution >= 4 is 22.9 Å². The first-order valence-electron chi connectivity index (χ1n) is 10.1. The van der Waals surface area contributed by atoms with E-state index in [-0.39, 0.29) is 5.60 Å². The summed E-state index contributed by atoms with van der Waals surface area (Å²) in [6, 6.07) is 0. The molecule has 1 heterocycles. The molecule has 3 heteroatoms. The molecule has 0 N–H and O–H groups in total. The summed E-state index contributed by atoms with van der Waals surface area (Å²) in [5.41, 5.74) is 0.272. The normalized spacial score (nSPS) is 22.6. The van der Waals surface area contributed by atoms with E-state index in [1.54, 1.807) is 15.8 Å². The minimum atomic E-state index is -2.05. The third kappa shape index (κ3) is 5.02. The summed E-state index contributed by atoms with van der Waals surface area (Å²) in [6.45, 7) is 9.41. The third-order valence-corrected chi connectivity index (χ3v) is 59.1. The molecule has 0 spiro atoms. The van der Waals surface area contributed by atoms with Gasteiger partial charge in [-0.25, -0.2) is 0 Å². The Morgan fingerprint density at radius 3 is 1.68 bits per heavy atom. The molecular weight excluding hydrogens is 389 g/mol. The topological polar surface area (TPSA) is 9.23 Å². The number of hydrogen-bond donors (Lipinski definition) is 0. The van der Waals surface area contributed by atoms with E-state index in [9.17, 15) is 0 Å². The summed E-state index contributed by atoms with van der Waals surface area (Å²) < 4.78 is 7.11. The standard InChI is InChI=1S/C19H42Ge2O/c1-7-11-13-16-21(17-14-12-8-2)18-15-19(9-3,10-4)22-20(21,5)6/h7-18H2,1-6H3. The maximum atomic E-state index is 7.11. The van der Waals surface area contributed by atoms with Crippen molar-refractivity contribution in [3.63, 3.8) is 0 Å². The molecule has 1 saturated heterocycles. The number of unbranched alkanes of at least 4 members (excludes halogenated alkanes) is 4. The van der Waals surface area contributed by atoms with E-state index in [0.717, 1.165) is 0 Å². The van der Waals surface area contributed by atoms with Crippen LogP contribution in [-0.2, 0) is 3.76 Å². The van der Waals surface area contributed by atoms with Crippen LogP contribution < -0.4 is 0 Å². The second-order valence-corrected chi connectivity index (χ2v) is 48.2. The van der Waals surface area contributed by atoms with Gasteiger partial charge in [-0.1, -0.05) is 0 Å². The van der Waals surface area contributed by atoms with Crippen LogP contribution in [0.15, 0.2) is 0 Å². The fourth-order valence-electron chi connectivity index (χ4n) is 4.62. The molecule has 0 radical (unpaired) electrons. The van der Waals surface area contributed by atoms with Crippen LogP contribution in [0, 0.1) is 0 Å². The van der Waals surface area contributed by atoms with Crippen LogP contribution in [0.3, 0.4) is 0 Å². The number of rotatable bonds is 10. The van der Waals surface area contributed by atoms with Crippen molar-refractivity contribution in [1.29, 1.82) is 0 Å². The van der Waals surface area contributed by atoms with Crippen molar-refractivity contribution in [3.05, 3.63) is 0 Å². The van der Waals surface area contributed by atoms with E-state index in [1.165, 1.54) is 57.8 Å². The van der Waals surface area contributed by atoms with Gasteiger partial charge in [-0.15, -0.1) is 0 Å². The van der Waals surface area contributed by atoms with Gasteiger partial charge in [-0.2, -0.15) is 0 Å². The average Bonchev–Trinajstić information content (AvgIpc) is 2.50. The van der Waals surface area contributed by atoms with Crippen molar-refractivity contribution in [2.24, 2.45) is 0 Å². The SMILES string of the molecule is CCCC[CH2][Ge]1([CH2]CCCC)[CH2]CC(CC)(CC)[O][Ge]1([CH3])[CH3]. The first kappa shape index (κ1) is 21.1. The van der Waals surface area contributed by atoms with Gasteiger partial charge in [0.1, 0.15) is 0 Å². The Labute approximate surface area is 144 Å².